The van der Waals surface area contributed by atoms with Crippen molar-refractivity contribution in [2.45, 2.75) is 12.8 Å². The summed E-state index contributed by atoms with van der Waals surface area (Å²) in [7, 11) is 0. The number of rotatable bonds is 2. The maximum absolute atomic E-state index is 5.76. The van der Waals surface area contributed by atoms with E-state index in [0.717, 1.165) is 11.4 Å². The first-order chi connectivity index (χ1) is 7.16. The molecule has 2 heterocycles. The van der Waals surface area contributed by atoms with Crippen LogP contribution in [0.2, 0.25) is 5.02 Å². The second-order valence-corrected chi connectivity index (χ2v) is 3.81. The number of nitrogen functional groups attached to an aromatic ring is 1. The van der Waals surface area contributed by atoms with Crippen molar-refractivity contribution in [1.29, 1.82) is 0 Å². The van der Waals surface area contributed by atoms with E-state index in [1.165, 1.54) is 0 Å². The second-order valence-electron chi connectivity index (χ2n) is 3.37. The molecule has 0 radical (unpaired) electrons. The average Bonchev–Trinajstić information content (AvgIpc) is 2.65. The molecule has 1 atom stereocenters. The molecule has 2 rings (SSSR count). The van der Waals surface area contributed by atoms with Crippen LogP contribution in [0.4, 0.5) is 5.82 Å². The van der Waals surface area contributed by atoms with Gasteiger partial charge in [-0.15, -0.1) is 0 Å². The number of aromatic nitrogens is 3. The van der Waals surface area contributed by atoms with E-state index in [0.29, 0.717) is 10.8 Å². The van der Waals surface area contributed by atoms with Gasteiger partial charge >= 0.3 is 0 Å². The average molecular weight is 223 g/mol. The molecule has 15 heavy (non-hydrogen) atoms. The minimum atomic E-state index is 0.132. The lowest BCUT2D eigenvalue weighted by Gasteiger charge is -2.07. The van der Waals surface area contributed by atoms with E-state index in [2.05, 4.69) is 15.2 Å². The molecule has 5 heteroatoms. The van der Waals surface area contributed by atoms with Crippen LogP contribution in [0.1, 0.15) is 24.2 Å². The monoisotopic (exact) mass is 222 g/mol. The van der Waals surface area contributed by atoms with E-state index in [1.54, 1.807) is 12.3 Å². The zero-order chi connectivity index (χ0) is 10.8. The first kappa shape index (κ1) is 9.98. The maximum Gasteiger partial charge on any atom is 0.145 e. The summed E-state index contributed by atoms with van der Waals surface area (Å²) in [6.07, 6.45) is 1.63. The summed E-state index contributed by atoms with van der Waals surface area (Å²) in [6.45, 7) is 2.03. The number of hydrogen-bond donors (Lipinski definition) is 2. The highest BCUT2D eigenvalue weighted by atomic mass is 35.5. The first-order valence-corrected chi connectivity index (χ1v) is 4.97. The summed E-state index contributed by atoms with van der Waals surface area (Å²) in [4.78, 5) is 4.24. The van der Waals surface area contributed by atoms with Gasteiger partial charge in [-0.1, -0.05) is 18.5 Å². The SMILES string of the molecule is CC(c1ccc(Cl)cn1)c1cc(N)n[nH]1. The van der Waals surface area contributed by atoms with Gasteiger partial charge in [-0.05, 0) is 12.1 Å². The molecule has 0 fully saturated rings. The van der Waals surface area contributed by atoms with E-state index in [9.17, 15) is 0 Å². The number of anilines is 1. The third-order valence-electron chi connectivity index (χ3n) is 2.28. The molecule has 0 spiro atoms. The van der Waals surface area contributed by atoms with Gasteiger partial charge in [-0.25, -0.2) is 0 Å². The lowest BCUT2D eigenvalue weighted by molar-refractivity contribution is 0.821. The Morgan fingerprint density at radius 1 is 1.47 bits per heavy atom. The lowest BCUT2D eigenvalue weighted by atomic mass is 10.0. The lowest BCUT2D eigenvalue weighted by Crippen LogP contribution is -1.99. The van der Waals surface area contributed by atoms with Crippen LogP contribution < -0.4 is 5.73 Å². The summed E-state index contributed by atoms with van der Waals surface area (Å²) in [5.74, 6) is 0.623. The van der Waals surface area contributed by atoms with Crippen molar-refractivity contribution in [3.63, 3.8) is 0 Å². The minimum Gasteiger partial charge on any atom is -0.382 e. The molecular weight excluding hydrogens is 212 g/mol. The molecule has 1 unspecified atom stereocenters. The highest BCUT2D eigenvalue weighted by Gasteiger charge is 2.11. The molecule has 2 aromatic rings. The van der Waals surface area contributed by atoms with Crippen LogP contribution in [-0.2, 0) is 0 Å². The van der Waals surface area contributed by atoms with Crippen molar-refractivity contribution in [3.05, 3.63) is 40.8 Å². The highest BCUT2D eigenvalue weighted by Crippen LogP contribution is 2.22. The van der Waals surface area contributed by atoms with Gasteiger partial charge in [-0.3, -0.25) is 10.1 Å². The zero-order valence-electron chi connectivity index (χ0n) is 8.24. The number of nitrogens with one attached hydrogen (secondary N) is 1. The van der Waals surface area contributed by atoms with E-state index < -0.39 is 0 Å². The van der Waals surface area contributed by atoms with Crippen LogP contribution in [-0.4, -0.2) is 15.2 Å². The summed E-state index contributed by atoms with van der Waals surface area (Å²) >= 11 is 5.76. The quantitative estimate of drug-likeness (QED) is 0.819. The number of hydrogen-bond acceptors (Lipinski definition) is 3. The molecule has 0 aliphatic carbocycles. The summed E-state index contributed by atoms with van der Waals surface area (Å²) in [6, 6.07) is 5.52. The maximum atomic E-state index is 5.76. The predicted octanol–water partition coefficient (Wildman–Crippen LogP) is 2.19. The smallest absolute Gasteiger partial charge is 0.145 e. The van der Waals surface area contributed by atoms with E-state index in [4.69, 9.17) is 17.3 Å². The van der Waals surface area contributed by atoms with Crippen molar-refractivity contribution in [2.75, 3.05) is 5.73 Å². The van der Waals surface area contributed by atoms with Crippen molar-refractivity contribution >= 4 is 17.4 Å². The number of aromatic amines is 1. The Kier molecular flexibility index (Phi) is 2.60. The van der Waals surface area contributed by atoms with Gasteiger partial charge in [0.25, 0.3) is 0 Å². The number of halogens is 1. The molecule has 0 aromatic carbocycles. The third kappa shape index (κ3) is 2.10. The fourth-order valence-corrected chi connectivity index (χ4v) is 1.49. The summed E-state index contributed by atoms with van der Waals surface area (Å²) in [5, 5.41) is 7.38. The van der Waals surface area contributed by atoms with Gasteiger partial charge in [0, 0.05) is 29.6 Å². The molecule has 0 amide bonds. The summed E-state index contributed by atoms with van der Waals surface area (Å²) in [5.41, 5.74) is 7.41. The van der Waals surface area contributed by atoms with Crippen LogP contribution in [0.5, 0.6) is 0 Å². The molecule has 78 valence electrons. The topological polar surface area (TPSA) is 67.6 Å². The highest BCUT2D eigenvalue weighted by molar-refractivity contribution is 6.30. The molecular formula is C10H11ClN4. The van der Waals surface area contributed by atoms with Gasteiger partial charge in [0.15, 0.2) is 0 Å². The van der Waals surface area contributed by atoms with Crippen LogP contribution >= 0.6 is 11.6 Å². The Labute approximate surface area is 92.5 Å². The zero-order valence-corrected chi connectivity index (χ0v) is 8.99. The molecule has 2 aromatic heterocycles. The van der Waals surface area contributed by atoms with E-state index >= 15 is 0 Å². The fourth-order valence-electron chi connectivity index (χ4n) is 1.38. The standard InChI is InChI=1S/C10H11ClN4/c1-6(9-4-10(12)15-14-9)8-3-2-7(11)5-13-8/h2-6H,1H3,(H3,12,14,15). The first-order valence-electron chi connectivity index (χ1n) is 4.59. The van der Waals surface area contributed by atoms with Crippen LogP contribution in [0.3, 0.4) is 0 Å². The molecule has 0 bridgehead atoms. The number of pyridine rings is 1. The second kappa shape index (κ2) is 3.90. The third-order valence-corrected chi connectivity index (χ3v) is 2.50. The Hall–Kier alpha value is -1.55. The van der Waals surface area contributed by atoms with Crippen molar-refractivity contribution in [2.24, 2.45) is 0 Å². The number of H-pyrrole nitrogens is 1. The van der Waals surface area contributed by atoms with Crippen LogP contribution in [0.25, 0.3) is 0 Å². The van der Waals surface area contributed by atoms with Crippen LogP contribution in [0.15, 0.2) is 24.4 Å². The van der Waals surface area contributed by atoms with Crippen LogP contribution in [0, 0.1) is 0 Å². The predicted molar refractivity (Wildman–Crippen MR) is 59.8 cm³/mol. The van der Waals surface area contributed by atoms with Crippen molar-refractivity contribution in [1.82, 2.24) is 15.2 Å². The molecule has 4 nitrogen and oxygen atoms in total. The van der Waals surface area contributed by atoms with Gasteiger partial charge in [-0.2, -0.15) is 5.10 Å². The van der Waals surface area contributed by atoms with E-state index in [1.807, 2.05) is 19.1 Å². The molecule has 0 saturated heterocycles. The van der Waals surface area contributed by atoms with E-state index in [-0.39, 0.29) is 5.92 Å². The Morgan fingerprint density at radius 3 is 2.80 bits per heavy atom. The van der Waals surface area contributed by atoms with Gasteiger partial charge in [0.05, 0.1) is 5.02 Å². The summed E-state index contributed by atoms with van der Waals surface area (Å²) < 4.78 is 0. The van der Waals surface area contributed by atoms with Gasteiger partial charge in [0.2, 0.25) is 0 Å². The normalized spacial score (nSPS) is 12.7. The largest absolute Gasteiger partial charge is 0.382 e. The number of nitrogens with zero attached hydrogens (tertiary/aromatic N) is 2. The Bertz CT molecular complexity index is 449. The molecule has 0 aliphatic heterocycles. The van der Waals surface area contributed by atoms with Gasteiger partial charge in [0.1, 0.15) is 5.82 Å². The Balaban J connectivity index is 2.28. The van der Waals surface area contributed by atoms with Crippen molar-refractivity contribution in [3.8, 4) is 0 Å². The van der Waals surface area contributed by atoms with Crippen molar-refractivity contribution < 1.29 is 0 Å². The minimum absolute atomic E-state index is 0.132. The molecule has 3 N–H and O–H groups in total. The number of nitrogens with two attached hydrogens (primary N) is 1. The fraction of sp³-hybridized carbons (Fsp3) is 0.200. The molecule has 0 aliphatic rings. The molecule has 0 saturated carbocycles. The Morgan fingerprint density at radius 2 is 2.27 bits per heavy atom. The van der Waals surface area contributed by atoms with Gasteiger partial charge < -0.3 is 5.73 Å².